The zero-order valence-corrected chi connectivity index (χ0v) is 11.3. The molecule has 0 spiro atoms. The van der Waals surface area contributed by atoms with E-state index in [-0.39, 0.29) is 18.4 Å². The number of rotatable bonds is 7. The van der Waals surface area contributed by atoms with E-state index >= 15 is 0 Å². The second-order valence-electron chi connectivity index (χ2n) is 4.13. The van der Waals surface area contributed by atoms with Crippen molar-refractivity contribution in [2.75, 3.05) is 13.7 Å². The fourth-order valence-corrected chi connectivity index (χ4v) is 1.55. The van der Waals surface area contributed by atoms with Crippen LogP contribution < -0.4 is 10.6 Å². The van der Waals surface area contributed by atoms with E-state index in [0.717, 1.165) is 5.56 Å². The molecule has 1 aromatic rings. The zero-order valence-electron chi connectivity index (χ0n) is 11.3. The summed E-state index contributed by atoms with van der Waals surface area (Å²) >= 11 is 0. The first-order chi connectivity index (χ1) is 9.17. The van der Waals surface area contributed by atoms with Gasteiger partial charge in [-0.2, -0.15) is 0 Å². The van der Waals surface area contributed by atoms with E-state index in [1.165, 1.54) is 7.11 Å². The van der Waals surface area contributed by atoms with Crippen molar-refractivity contribution in [2.45, 2.75) is 25.9 Å². The van der Waals surface area contributed by atoms with Crippen LogP contribution in [0.4, 0.5) is 0 Å². The molecule has 0 aromatic heterocycles. The molecule has 0 saturated heterocycles. The Balaban J connectivity index is 2.50. The Morgan fingerprint density at radius 3 is 2.53 bits per heavy atom. The SMILES string of the molecule is CCC(=O)N[C@H](COC)C(=O)NCc1ccccc1. The molecular weight excluding hydrogens is 244 g/mol. The second-order valence-corrected chi connectivity index (χ2v) is 4.13. The molecule has 0 saturated carbocycles. The van der Waals surface area contributed by atoms with Gasteiger partial charge in [-0.25, -0.2) is 0 Å². The fraction of sp³-hybridized carbons (Fsp3) is 0.429. The first-order valence-corrected chi connectivity index (χ1v) is 6.27. The topological polar surface area (TPSA) is 67.4 Å². The van der Waals surface area contributed by atoms with Crippen molar-refractivity contribution in [3.8, 4) is 0 Å². The molecule has 0 radical (unpaired) electrons. The van der Waals surface area contributed by atoms with E-state index in [4.69, 9.17) is 4.74 Å². The molecule has 0 fully saturated rings. The van der Waals surface area contributed by atoms with Gasteiger partial charge in [-0.15, -0.1) is 0 Å². The van der Waals surface area contributed by atoms with E-state index in [1.807, 2.05) is 30.3 Å². The second kappa shape index (κ2) is 8.26. The van der Waals surface area contributed by atoms with Gasteiger partial charge < -0.3 is 15.4 Å². The third kappa shape index (κ3) is 5.52. The molecule has 0 bridgehead atoms. The molecule has 0 aliphatic heterocycles. The van der Waals surface area contributed by atoms with Crippen LogP contribution in [0.3, 0.4) is 0 Å². The van der Waals surface area contributed by atoms with Crippen molar-refractivity contribution in [3.05, 3.63) is 35.9 Å². The van der Waals surface area contributed by atoms with Gasteiger partial charge in [-0.3, -0.25) is 9.59 Å². The molecular formula is C14H20N2O3. The van der Waals surface area contributed by atoms with Crippen molar-refractivity contribution in [3.63, 3.8) is 0 Å². The molecule has 2 N–H and O–H groups in total. The summed E-state index contributed by atoms with van der Waals surface area (Å²) in [7, 11) is 1.50. The predicted molar refractivity (Wildman–Crippen MR) is 72.4 cm³/mol. The number of ether oxygens (including phenoxy) is 1. The van der Waals surface area contributed by atoms with Gasteiger partial charge in [0.1, 0.15) is 6.04 Å². The van der Waals surface area contributed by atoms with Crippen molar-refractivity contribution in [1.29, 1.82) is 0 Å². The lowest BCUT2D eigenvalue weighted by molar-refractivity contribution is -0.130. The van der Waals surface area contributed by atoms with Gasteiger partial charge in [0, 0.05) is 20.1 Å². The third-order valence-corrected chi connectivity index (χ3v) is 2.62. The van der Waals surface area contributed by atoms with Crippen molar-refractivity contribution in [2.24, 2.45) is 0 Å². The van der Waals surface area contributed by atoms with Crippen LogP contribution in [0.15, 0.2) is 30.3 Å². The van der Waals surface area contributed by atoms with E-state index in [1.54, 1.807) is 6.92 Å². The number of hydrogen-bond acceptors (Lipinski definition) is 3. The molecule has 0 heterocycles. The van der Waals surface area contributed by atoms with E-state index < -0.39 is 6.04 Å². The maximum atomic E-state index is 12.0. The Labute approximate surface area is 113 Å². The Hall–Kier alpha value is -1.88. The highest BCUT2D eigenvalue weighted by Gasteiger charge is 2.19. The molecule has 1 aromatic carbocycles. The van der Waals surface area contributed by atoms with E-state index in [2.05, 4.69) is 10.6 Å². The summed E-state index contributed by atoms with van der Waals surface area (Å²) in [6, 6.07) is 8.94. The lowest BCUT2D eigenvalue weighted by Crippen LogP contribution is -2.48. The van der Waals surface area contributed by atoms with Crippen molar-refractivity contribution in [1.82, 2.24) is 10.6 Å². The number of benzene rings is 1. The van der Waals surface area contributed by atoms with Gasteiger partial charge in [0.15, 0.2) is 0 Å². The van der Waals surface area contributed by atoms with Gasteiger partial charge in [0.2, 0.25) is 11.8 Å². The number of amides is 2. The van der Waals surface area contributed by atoms with Gasteiger partial charge in [-0.05, 0) is 5.56 Å². The number of carbonyl (C=O) groups is 2. The normalized spacial score (nSPS) is 11.7. The molecule has 2 amide bonds. The van der Waals surface area contributed by atoms with Crippen LogP contribution >= 0.6 is 0 Å². The lowest BCUT2D eigenvalue weighted by Gasteiger charge is -2.17. The molecule has 0 aliphatic rings. The highest BCUT2D eigenvalue weighted by atomic mass is 16.5. The maximum Gasteiger partial charge on any atom is 0.245 e. The maximum absolute atomic E-state index is 12.0. The third-order valence-electron chi connectivity index (χ3n) is 2.62. The van der Waals surface area contributed by atoms with Crippen LogP contribution in [0, 0.1) is 0 Å². The molecule has 0 unspecified atom stereocenters. The highest BCUT2D eigenvalue weighted by molar-refractivity contribution is 5.87. The summed E-state index contributed by atoms with van der Waals surface area (Å²) in [5.74, 6) is -0.413. The quantitative estimate of drug-likeness (QED) is 0.767. The summed E-state index contributed by atoms with van der Waals surface area (Å²) in [4.78, 5) is 23.3. The van der Waals surface area contributed by atoms with Crippen molar-refractivity contribution < 1.29 is 14.3 Å². The summed E-state index contributed by atoms with van der Waals surface area (Å²) in [6.07, 6.45) is 0.339. The number of carbonyl (C=O) groups excluding carboxylic acids is 2. The minimum Gasteiger partial charge on any atom is -0.382 e. The van der Waals surface area contributed by atoms with E-state index in [9.17, 15) is 9.59 Å². The molecule has 1 atom stereocenters. The first kappa shape index (κ1) is 15.2. The average Bonchev–Trinajstić information content (AvgIpc) is 2.45. The van der Waals surface area contributed by atoms with Crippen LogP contribution in [-0.4, -0.2) is 31.6 Å². The first-order valence-electron chi connectivity index (χ1n) is 6.27. The molecule has 104 valence electrons. The number of methoxy groups -OCH3 is 1. The fourth-order valence-electron chi connectivity index (χ4n) is 1.55. The highest BCUT2D eigenvalue weighted by Crippen LogP contribution is 1.98. The van der Waals surface area contributed by atoms with Crippen LogP contribution in [0.25, 0.3) is 0 Å². The van der Waals surface area contributed by atoms with E-state index in [0.29, 0.717) is 13.0 Å². The van der Waals surface area contributed by atoms with Crippen LogP contribution in [0.1, 0.15) is 18.9 Å². The summed E-state index contributed by atoms with van der Waals surface area (Å²) in [5.41, 5.74) is 1.01. The Morgan fingerprint density at radius 2 is 1.95 bits per heavy atom. The molecule has 1 rings (SSSR count). The summed E-state index contributed by atoms with van der Waals surface area (Å²) in [6.45, 7) is 2.33. The number of nitrogens with one attached hydrogen (secondary N) is 2. The summed E-state index contributed by atoms with van der Waals surface area (Å²) in [5, 5.41) is 5.41. The van der Waals surface area contributed by atoms with Gasteiger partial charge in [0.25, 0.3) is 0 Å². The molecule has 0 aliphatic carbocycles. The Kier molecular flexibility index (Phi) is 6.60. The van der Waals surface area contributed by atoms with Gasteiger partial charge in [-0.1, -0.05) is 37.3 Å². The predicted octanol–water partition coefficient (Wildman–Crippen LogP) is 0.844. The summed E-state index contributed by atoms with van der Waals surface area (Å²) < 4.78 is 4.95. The standard InChI is InChI=1S/C14H20N2O3/c1-3-13(17)16-12(10-19-2)14(18)15-9-11-7-5-4-6-8-11/h4-8,12H,3,9-10H2,1-2H3,(H,15,18)(H,16,17)/t12-/m1/s1. The monoisotopic (exact) mass is 264 g/mol. The minimum absolute atomic E-state index is 0.159. The lowest BCUT2D eigenvalue weighted by atomic mass is 10.2. The largest absolute Gasteiger partial charge is 0.382 e. The van der Waals surface area contributed by atoms with Gasteiger partial charge >= 0.3 is 0 Å². The molecule has 5 heteroatoms. The Bertz CT molecular complexity index is 406. The van der Waals surface area contributed by atoms with Crippen LogP contribution in [0.2, 0.25) is 0 Å². The van der Waals surface area contributed by atoms with Crippen LogP contribution in [-0.2, 0) is 20.9 Å². The average molecular weight is 264 g/mol. The van der Waals surface area contributed by atoms with Gasteiger partial charge in [0.05, 0.1) is 6.61 Å². The number of hydrogen-bond donors (Lipinski definition) is 2. The van der Waals surface area contributed by atoms with Crippen molar-refractivity contribution >= 4 is 11.8 Å². The zero-order chi connectivity index (χ0) is 14.1. The van der Waals surface area contributed by atoms with Crippen LogP contribution in [0.5, 0.6) is 0 Å². The molecule has 19 heavy (non-hydrogen) atoms. The molecule has 5 nitrogen and oxygen atoms in total. The smallest absolute Gasteiger partial charge is 0.245 e. The Morgan fingerprint density at radius 1 is 1.26 bits per heavy atom. The minimum atomic E-state index is -0.652.